The summed E-state index contributed by atoms with van der Waals surface area (Å²) in [7, 11) is 0. The third-order valence-electron chi connectivity index (χ3n) is 6.01. The first kappa shape index (κ1) is 22.0. The lowest BCUT2D eigenvalue weighted by Crippen LogP contribution is -2.35. The maximum atomic E-state index is 13.4. The third-order valence-corrected chi connectivity index (χ3v) is 6.01. The van der Waals surface area contributed by atoms with E-state index in [4.69, 9.17) is 9.72 Å². The van der Waals surface area contributed by atoms with Crippen molar-refractivity contribution in [3.05, 3.63) is 70.9 Å². The molecule has 1 N–H and O–H groups in total. The Morgan fingerprint density at radius 2 is 1.88 bits per heavy atom. The van der Waals surface area contributed by atoms with E-state index in [0.717, 1.165) is 47.2 Å². The Morgan fingerprint density at radius 3 is 2.59 bits per heavy atom. The fourth-order valence-corrected chi connectivity index (χ4v) is 4.12. The number of aromatic nitrogens is 1. The lowest BCUT2D eigenvalue weighted by molar-refractivity contribution is -0.124. The molecule has 0 saturated heterocycles. The van der Waals surface area contributed by atoms with Gasteiger partial charge in [-0.1, -0.05) is 49.7 Å². The van der Waals surface area contributed by atoms with Gasteiger partial charge >= 0.3 is 5.97 Å². The van der Waals surface area contributed by atoms with E-state index >= 15 is 0 Å². The van der Waals surface area contributed by atoms with Crippen LogP contribution in [0.5, 0.6) is 0 Å². The number of fused-ring (bicyclic) bond motifs is 2. The van der Waals surface area contributed by atoms with Crippen LogP contribution >= 0.6 is 0 Å². The molecule has 6 nitrogen and oxygen atoms in total. The van der Waals surface area contributed by atoms with E-state index in [-0.39, 0.29) is 5.91 Å². The van der Waals surface area contributed by atoms with Gasteiger partial charge in [0, 0.05) is 41.8 Å². The molecule has 0 radical (unpaired) electrons. The summed E-state index contributed by atoms with van der Waals surface area (Å²) in [5.74, 6) is -0.796. The average Bonchev–Trinajstić information content (AvgIpc) is 2.81. The Bertz CT molecular complexity index is 1140. The van der Waals surface area contributed by atoms with Crippen LogP contribution in [0.3, 0.4) is 0 Å². The van der Waals surface area contributed by atoms with Crippen LogP contribution < -0.4 is 5.32 Å². The van der Waals surface area contributed by atoms with E-state index in [1.807, 2.05) is 62.4 Å². The summed E-state index contributed by atoms with van der Waals surface area (Å²) in [5, 5.41) is 3.62. The van der Waals surface area contributed by atoms with E-state index in [9.17, 15) is 9.59 Å². The second-order valence-electron chi connectivity index (χ2n) is 8.21. The molecule has 1 unspecified atom stereocenters. The van der Waals surface area contributed by atoms with Crippen molar-refractivity contribution < 1.29 is 14.3 Å². The first-order chi connectivity index (χ1) is 15.5. The van der Waals surface area contributed by atoms with Gasteiger partial charge in [-0.05, 0) is 38.1 Å². The Labute approximate surface area is 188 Å². The van der Waals surface area contributed by atoms with Crippen LogP contribution in [0.2, 0.25) is 0 Å². The molecule has 4 rings (SSSR count). The van der Waals surface area contributed by atoms with Gasteiger partial charge in [0.05, 0.1) is 11.1 Å². The zero-order valence-corrected chi connectivity index (χ0v) is 18.9. The van der Waals surface area contributed by atoms with Crippen molar-refractivity contribution >= 4 is 28.5 Å². The molecular weight excluding hydrogens is 402 g/mol. The number of carbonyl (C=O) groups excluding carboxylic acids is 2. The van der Waals surface area contributed by atoms with E-state index < -0.39 is 12.1 Å². The molecule has 1 atom stereocenters. The van der Waals surface area contributed by atoms with Gasteiger partial charge in [0.2, 0.25) is 0 Å². The minimum atomic E-state index is -0.878. The fraction of sp³-hybridized carbons (Fsp3) is 0.346. The van der Waals surface area contributed by atoms with Gasteiger partial charge in [-0.3, -0.25) is 14.7 Å². The molecule has 0 bridgehead atoms. The first-order valence-electron chi connectivity index (χ1n) is 11.2. The lowest BCUT2D eigenvalue weighted by atomic mass is 9.95. The Morgan fingerprint density at radius 1 is 1.12 bits per heavy atom. The summed E-state index contributed by atoms with van der Waals surface area (Å²) >= 11 is 0. The number of ether oxygens (including phenoxy) is 1. The van der Waals surface area contributed by atoms with Crippen LogP contribution in [-0.4, -0.2) is 41.0 Å². The molecule has 0 aliphatic carbocycles. The van der Waals surface area contributed by atoms with Crippen LogP contribution in [-0.2, 0) is 22.5 Å². The topological polar surface area (TPSA) is 71.5 Å². The third kappa shape index (κ3) is 4.50. The number of anilines is 1. The summed E-state index contributed by atoms with van der Waals surface area (Å²) < 4.78 is 5.79. The Balaban J connectivity index is 1.63. The normalized spacial score (nSPS) is 14.6. The van der Waals surface area contributed by atoms with Gasteiger partial charge in [-0.25, -0.2) is 4.79 Å². The van der Waals surface area contributed by atoms with Crippen LogP contribution in [0.4, 0.5) is 5.69 Å². The van der Waals surface area contributed by atoms with Crippen LogP contribution in [0.25, 0.3) is 10.9 Å². The fourth-order valence-electron chi connectivity index (χ4n) is 4.12. The molecule has 1 aliphatic heterocycles. The quantitative estimate of drug-likeness (QED) is 0.582. The number of para-hydroxylation sites is 1. The second kappa shape index (κ2) is 9.49. The van der Waals surface area contributed by atoms with Crippen LogP contribution in [0.15, 0.2) is 48.5 Å². The molecule has 0 saturated carbocycles. The summed E-state index contributed by atoms with van der Waals surface area (Å²) in [4.78, 5) is 33.4. The molecule has 0 spiro atoms. The number of esters is 1. The Hall–Kier alpha value is -3.25. The molecule has 1 amide bonds. The number of carbonyl (C=O) groups is 2. The second-order valence-corrected chi connectivity index (χ2v) is 8.21. The Kier molecular flexibility index (Phi) is 6.51. The molecule has 2 aromatic carbocycles. The summed E-state index contributed by atoms with van der Waals surface area (Å²) in [5.41, 5.74) is 4.95. The zero-order valence-electron chi connectivity index (χ0n) is 18.9. The van der Waals surface area contributed by atoms with E-state index in [2.05, 4.69) is 17.1 Å². The maximum Gasteiger partial charge on any atom is 0.340 e. The van der Waals surface area contributed by atoms with Crippen molar-refractivity contribution in [3.63, 3.8) is 0 Å². The predicted molar refractivity (Wildman–Crippen MR) is 126 cm³/mol. The number of rotatable bonds is 6. The summed E-state index contributed by atoms with van der Waals surface area (Å²) in [6.07, 6.45) is 0.298. The summed E-state index contributed by atoms with van der Waals surface area (Å²) in [6.45, 7) is 8.41. The highest BCUT2D eigenvalue weighted by atomic mass is 16.5. The zero-order chi connectivity index (χ0) is 22.7. The van der Waals surface area contributed by atoms with Gasteiger partial charge in [-0.2, -0.15) is 0 Å². The van der Waals surface area contributed by atoms with Gasteiger partial charge in [0.15, 0.2) is 6.10 Å². The number of nitrogens with one attached hydrogen (secondary N) is 1. The van der Waals surface area contributed by atoms with E-state index in [1.165, 1.54) is 0 Å². The van der Waals surface area contributed by atoms with Gasteiger partial charge in [0.1, 0.15) is 0 Å². The average molecular weight is 432 g/mol. The van der Waals surface area contributed by atoms with Crippen molar-refractivity contribution in [1.82, 2.24) is 9.88 Å². The number of benzene rings is 2. The van der Waals surface area contributed by atoms with Crippen molar-refractivity contribution in [3.8, 4) is 0 Å². The molecule has 1 aliphatic rings. The molecule has 1 aromatic heterocycles. The highest BCUT2D eigenvalue weighted by Crippen LogP contribution is 2.29. The highest BCUT2D eigenvalue weighted by molar-refractivity contribution is 6.06. The number of aryl methyl sites for hydroxylation is 1. The van der Waals surface area contributed by atoms with Crippen LogP contribution in [0, 0.1) is 6.92 Å². The number of likely N-dealkylation sites (N-methyl/N-ethyl adjacent to an activating group) is 1. The maximum absolute atomic E-state index is 13.4. The minimum Gasteiger partial charge on any atom is -0.449 e. The monoisotopic (exact) mass is 431 g/mol. The molecule has 3 aromatic rings. The molecule has 32 heavy (non-hydrogen) atoms. The van der Waals surface area contributed by atoms with E-state index in [1.54, 1.807) is 0 Å². The van der Waals surface area contributed by atoms with Gasteiger partial charge in [-0.15, -0.1) is 0 Å². The van der Waals surface area contributed by atoms with Gasteiger partial charge in [0.25, 0.3) is 5.91 Å². The largest absolute Gasteiger partial charge is 0.449 e. The predicted octanol–water partition coefficient (Wildman–Crippen LogP) is 4.50. The van der Waals surface area contributed by atoms with E-state index in [0.29, 0.717) is 24.2 Å². The van der Waals surface area contributed by atoms with Crippen molar-refractivity contribution in [2.75, 3.05) is 18.4 Å². The molecule has 0 fully saturated rings. The standard InChI is InChI=1S/C26H29N3O3/c1-4-23(25(30)27-18-12-10-17(3)11-13-18)32-26(31)24-19-8-6-7-9-21(19)28-22-14-15-29(5-2)16-20(22)24/h6-13,23H,4-5,14-16H2,1-3H3,(H,27,30). The molecule has 2 heterocycles. The number of hydrogen-bond donors (Lipinski definition) is 1. The molecule has 166 valence electrons. The number of nitrogens with zero attached hydrogens (tertiary/aromatic N) is 2. The van der Waals surface area contributed by atoms with Crippen molar-refractivity contribution in [1.29, 1.82) is 0 Å². The SMILES string of the molecule is CCC(OC(=O)c1c2c(nc3ccccc13)CCN(CC)C2)C(=O)Nc1ccc(C)cc1. The molecule has 6 heteroatoms. The van der Waals surface area contributed by atoms with Gasteiger partial charge < -0.3 is 10.1 Å². The number of amides is 1. The number of pyridine rings is 1. The van der Waals surface area contributed by atoms with Crippen molar-refractivity contribution in [2.24, 2.45) is 0 Å². The number of hydrogen-bond acceptors (Lipinski definition) is 5. The minimum absolute atomic E-state index is 0.327. The first-order valence-corrected chi connectivity index (χ1v) is 11.2. The summed E-state index contributed by atoms with van der Waals surface area (Å²) in [6, 6.07) is 15.2. The van der Waals surface area contributed by atoms with Crippen LogP contribution in [0.1, 0.15) is 47.4 Å². The smallest absolute Gasteiger partial charge is 0.340 e. The lowest BCUT2D eigenvalue weighted by Gasteiger charge is -2.29. The highest BCUT2D eigenvalue weighted by Gasteiger charge is 2.29. The molecular formula is C26H29N3O3. The van der Waals surface area contributed by atoms with Crippen molar-refractivity contribution in [2.45, 2.75) is 46.3 Å².